The lowest BCUT2D eigenvalue weighted by Crippen LogP contribution is -2.47. The second kappa shape index (κ2) is 9.78. The highest BCUT2D eigenvalue weighted by atomic mass is 35.5. The average Bonchev–Trinajstić information content (AvgIpc) is 2.72. The fourth-order valence-electron chi connectivity index (χ4n) is 2.82. The zero-order valence-corrected chi connectivity index (χ0v) is 16.6. The number of halogens is 2. The van der Waals surface area contributed by atoms with Crippen LogP contribution in [0.3, 0.4) is 0 Å². The van der Waals surface area contributed by atoms with Crippen molar-refractivity contribution >= 4 is 35.0 Å². The Hall–Kier alpha value is -2.28. The van der Waals surface area contributed by atoms with E-state index < -0.39 is 5.91 Å². The maximum Gasteiger partial charge on any atom is 0.258 e. The van der Waals surface area contributed by atoms with Gasteiger partial charge in [-0.1, -0.05) is 53.5 Å². The number of carbonyl (C=O) groups excluding carboxylic acids is 2. The zero-order chi connectivity index (χ0) is 19.9. The van der Waals surface area contributed by atoms with E-state index in [-0.39, 0.29) is 25.2 Å². The van der Waals surface area contributed by atoms with Gasteiger partial charge >= 0.3 is 0 Å². The summed E-state index contributed by atoms with van der Waals surface area (Å²) in [5.74, 6) is -0.222. The molecule has 0 bridgehead atoms. The number of hydrogen-bond acceptors (Lipinski definition) is 4. The van der Waals surface area contributed by atoms with Gasteiger partial charge < -0.3 is 19.7 Å². The molecule has 6 nitrogen and oxygen atoms in total. The van der Waals surface area contributed by atoms with Gasteiger partial charge in [-0.3, -0.25) is 9.59 Å². The van der Waals surface area contributed by atoms with E-state index >= 15 is 0 Å². The summed E-state index contributed by atoms with van der Waals surface area (Å²) in [5.41, 5.74) is 1.03. The molecule has 1 N–H and O–H groups in total. The normalized spacial score (nSPS) is 16.5. The van der Waals surface area contributed by atoms with Crippen molar-refractivity contribution in [3.05, 3.63) is 64.1 Å². The van der Waals surface area contributed by atoms with E-state index in [0.29, 0.717) is 35.5 Å². The van der Waals surface area contributed by atoms with Crippen LogP contribution in [-0.4, -0.2) is 49.6 Å². The van der Waals surface area contributed by atoms with Crippen LogP contribution in [-0.2, 0) is 14.3 Å². The summed E-state index contributed by atoms with van der Waals surface area (Å²) in [6, 6.07) is 14.5. The maximum atomic E-state index is 12.4. The van der Waals surface area contributed by atoms with Crippen molar-refractivity contribution in [3.63, 3.8) is 0 Å². The molecule has 1 aliphatic rings. The zero-order valence-electron chi connectivity index (χ0n) is 15.1. The Morgan fingerprint density at radius 1 is 1.18 bits per heavy atom. The lowest BCUT2D eigenvalue weighted by Gasteiger charge is -2.33. The van der Waals surface area contributed by atoms with Crippen molar-refractivity contribution in [1.29, 1.82) is 0 Å². The largest absolute Gasteiger partial charge is 0.482 e. The number of nitrogens with one attached hydrogen (secondary N) is 1. The molecule has 8 heteroatoms. The Morgan fingerprint density at radius 3 is 2.71 bits per heavy atom. The van der Waals surface area contributed by atoms with Crippen molar-refractivity contribution in [3.8, 4) is 5.75 Å². The third kappa shape index (κ3) is 5.61. The van der Waals surface area contributed by atoms with Crippen LogP contribution in [0.5, 0.6) is 5.75 Å². The van der Waals surface area contributed by atoms with Gasteiger partial charge in [-0.15, -0.1) is 0 Å². The number of rotatable bonds is 6. The predicted molar refractivity (Wildman–Crippen MR) is 107 cm³/mol. The second-order valence-electron chi connectivity index (χ2n) is 6.25. The summed E-state index contributed by atoms with van der Waals surface area (Å²) >= 11 is 11.8. The summed E-state index contributed by atoms with van der Waals surface area (Å²) in [4.78, 5) is 26.1. The first kappa shape index (κ1) is 20.5. The average molecular weight is 423 g/mol. The molecule has 0 aromatic heterocycles. The van der Waals surface area contributed by atoms with Crippen LogP contribution in [0.2, 0.25) is 10.0 Å². The van der Waals surface area contributed by atoms with Crippen LogP contribution in [0.15, 0.2) is 48.5 Å². The van der Waals surface area contributed by atoms with Crippen LogP contribution in [0, 0.1) is 0 Å². The molecule has 0 spiro atoms. The van der Waals surface area contributed by atoms with Crippen LogP contribution in [0.25, 0.3) is 0 Å². The van der Waals surface area contributed by atoms with Crippen molar-refractivity contribution in [2.75, 3.05) is 32.8 Å². The standard InChI is InChI=1S/C20H20Cl2N2O4/c21-15-6-7-17(16(22)10-15)28-13-19(25)23-11-20(26)24-8-9-27-18(12-24)14-4-2-1-3-5-14/h1-7,10,18H,8-9,11-13H2,(H,23,25)/t18-/m1/s1. The molecule has 2 aromatic rings. The van der Waals surface area contributed by atoms with E-state index in [2.05, 4.69) is 5.32 Å². The molecule has 0 aliphatic carbocycles. The highest BCUT2D eigenvalue weighted by Crippen LogP contribution is 2.27. The van der Waals surface area contributed by atoms with E-state index in [1.807, 2.05) is 30.3 Å². The number of carbonyl (C=O) groups is 2. The smallest absolute Gasteiger partial charge is 0.258 e. The van der Waals surface area contributed by atoms with Crippen LogP contribution >= 0.6 is 23.2 Å². The molecule has 0 radical (unpaired) electrons. The van der Waals surface area contributed by atoms with Crippen LogP contribution in [0.1, 0.15) is 11.7 Å². The molecule has 1 heterocycles. The minimum Gasteiger partial charge on any atom is -0.482 e. The molecule has 148 valence electrons. The third-order valence-corrected chi connectivity index (χ3v) is 4.81. The van der Waals surface area contributed by atoms with Crippen LogP contribution in [0.4, 0.5) is 0 Å². The van der Waals surface area contributed by atoms with Crippen molar-refractivity contribution < 1.29 is 19.1 Å². The molecule has 28 heavy (non-hydrogen) atoms. The first-order valence-corrected chi connectivity index (χ1v) is 9.57. The SMILES string of the molecule is O=C(COc1ccc(Cl)cc1Cl)NCC(=O)N1CCO[C@@H](c2ccccc2)C1. The van der Waals surface area contributed by atoms with Gasteiger partial charge in [0.2, 0.25) is 5.91 Å². The molecule has 0 saturated carbocycles. The maximum absolute atomic E-state index is 12.4. The fourth-order valence-corrected chi connectivity index (χ4v) is 3.28. The predicted octanol–water partition coefficient (Wildman–Crippen LogP) is 3.09. The monoisotopic (exact) mass is 422 g/mol. The van der Waals surface area contributed by atoms with Crippen molar-refractivity contribution in [2.45, 2.75) is 6.10 Å². The van der Waals surface area contributed by atoms with E-state index in [0.717, 1.165) is 5.56 Å². The minimum absolute atomic E-state index is 0.0992. The van der Waals surface area contributed by atoms with Gasteiger partial charge in [0.25, 0.3) is 5.91 Å². The molecule has 1 fully saturated rings. The summed E-state index contributed by atoms with van der Waals surface area (Å²) < 4.78 is 11.1. The molecule has 1 aliphatic heterocycles. The first-order chi connectivity index (χ1) is 13.5. The molecular weight excluding hydrogens is 403 g/mol. The lowest BCUT2D eigenvalue weighted by molar-refractivity contribution is -0.139. The van der Waals surface area contributed by atoms with E-state index in [4.69, 9.17) is 32.7 Å². The van der Waals surface area contributed by atoms with Gasteiger partial charge in [-0.2, -0.15) is 0 Å². The van der Waals surface area contributed by atoms with Crippen molar-refractivity contribution in [2.24, 2.45) is 0 Å². The summed E-state index contributed by atoms with van der Waals surface area (Å²) in [6.45, 7) is 1.06. The Bertz CT molecular complexity index is 832. The summed E-state index contributed by atoms with van der Waals surface area (Å²) in [6.07, 6.45) is -0.162. The van der Waals surface area contributed by atoms with E-state index in [1.165, 1.54) is 6.07 Å². The number of amides is 2. The van der Waals surface area contributed by atoms with Gasteiger partial charge in [0.15, 0.2) is 6.61 Å². The first-order valence-electron chi connectivity index (χ1n) is 8.82. The lowest BCUT2D eigenvalue weighted by atomic mass is 10.1. The molecule has 1 atom stereocenters. The molecule has 1 saturated heterocycles. The Balaban J connectivity index is 1.44. The molecule has 0 unspecified atom stereocenters. The van der Waals surface area contributed by atoms with Gasteiger partial charge in [0.05, 0.1) is 24.7 Å². The topological polar surface area (TPSA) is 67.9 Å². The van der Waals surface area contributed by atoms with E-state index in [9.17, 15) is 9.59 Å². The number of hydrogen-bond donors (Lipinski definition) is 1. The summed E-state index contributed by atoms with van der Waals surface area (Å²) in [5, 5.41) is 3.37. The summed E-state index contributed by atoms with van der Waals surface area (Å²) in [7, 11) is 0. The number of morpholine rings is 1. The van der Waals surface area contributed by atoms with Crippen LogP contribution < -0.4 is 10.1 Å². The highest BCUT2D eigenvalue weighted by molar-refractivity contribution is 6.35. The molecular formula is C20H20Cl2N2O4. The van der Waals surface area contributed by atoms with Crippen molar-refractivity contribution in [1.82, 2.24) is 10.2 Å². The van der Waals surface area contributed by atoms with Gasteiger partial charge in [0.1, 0.15) is 11.9 Å². The van der Waals surface area contributed by atoms with E-state index in [1.54, 1.807) is 17.0 Å². The highest BCUT2D eigenvalue weighted by Gasteiger charge is 2.25. The molecule has 2 amide bonds. The fraction of sp³-hybridized carbons (Fsp3) is 0.300. The molecule has 3 rings (SSSR count). The van der Waals surface area contributed by atoms with Gasteiger partial charge in [0, 0.05) is 11.6 Å². The van der Waals surface area contributed by atoms with Gasteiger partial charge in [-0.25, -0.2) is 0 Å². The Kier molecular flexibility index (Phi) is 7.14. The quantitative estimate of drug-likeness (QED) is 0.776. The Morgan fingerprint density at radius 2 is 1.96 bits per heavy atom. The number of benzene rings is 2. The number of nitrogens with zero attached hydrogens (tertiary/aromatic N) is 1. The Labute approximate surface area is 173 Å². The molecule has 2 aromatic carbocycles. The van der Waals surface area contributed by atoms with Gasteiger partial charge in [-0.05, 0) is 23.8 Å². The number of ether oxygens (including phenoxy) is 2. The minimum atomic E-state index is -0.410. The second-order valence-corrected chi connectivity index (χ2v) is 7.09. The third-order valence-electron chi connectivity index (χ3n) is 4.28.